The van der Waals surface area contributed by atoms with Crippen LogP contribution in [0.1, 0.15) is 10.4 Å². The zero-order chi connectivity index (χ0) is 13.8. The zero-order valence-electron chi connectivity index (χ0n) is 9.88. The SMILES string of the molecule is O=C(Nc1cccc(F)c1)c1ccc(B(O)O)cc1. The van der Waals surface area contributed by atoms with Gasteiger partial charge in [-0.2, -0.15) is 0 Å². The second kappa shape index (κ2) is 5.64. The molecule has 0 aliphatic rings. The van der Waals surface area contributed by atoms with Crippen molar-refractivity contribution >= 4 is 24.2 Å². The first kappa shape index (κ1) is 13.3. The van der Waals surface area contributed by atoms with Crippen LogP contribution in [0.3, 0.4) is 0 Å². The van der Waals surface area contributed by atoms with E-state index in [1.807, 2.05) is 0 Å². The van der Waals surface area contributed by atoms with Crippen LogP contribution in [0, 0.1) is 5.82 Å². The molecular formula is C13H11BFNO3. The Morgan fingerprint density at radius 2 is 1.79 bits per heavy atom. The normalized spacial score (nSPS) is 10.1. The number of carbonyl (C=O) groups is 1. The van der Waals surface area contributed by atoms with Crippen LogP contribution >= 0.6 is 0 Å². The smallest absolute Gasteiger partial charge is 0.423 e. The molecule has 1 amide bonds. The maximum Gasteiger partial charge on any atom is 0.488 e. The second-order valence-electron chi connectivity index (χ2n) is 3.96. The second-order valence-corrected chi connectivity index (χ2v) is 3.96. The summed E-state index contributed by atoms with van der Waals surface area (Å²) in [5, 5.41) is 20.4. The topological polar surface area (TPSA) is 69.6 Å². The summed E-state index contributed by atoms with van der Waals surface area (Å²) >= 11 is 0. The van der Waals surface area contributed by atoms with Crippen molar-refractivity contribution in [3.63, 3.8) is 0 Å². The van der Waals surface area contributed by atoms with Crippen LogP contribution in [-0.2, 0) is 0 Å². The van der Waals surface area contributed by atoms with Gasteiger partial charge in [0.15, 0.2) is 0 Å². The highest BCUT2D eigenvalue weighted by atomic mass is 19.1. The Hall–Kier alpha value is -2.18. The lowest BCUT2D eigenvalue weighted by Gasteiger charge is -2.06. The predicted molar refractivity (Wildman–Crippen MR) is 70.6 cm³/mol. The number of anilines is 1. The molecule has 19 heavy (non-hydrogen) atoms. The fraction of sp³-hybridized carbons (Fsp3) is 0. The minimum atomic E-state index is -1.57. The molecule has 0 radical (unpaired) electrons. The first-order chi connectivity index (χ1) is 9.06. The number of nitrogens with one attached hydrogen (secondary N) is 1. The number of carbonyl (C=O) groups excluding carboxylic acids is 1. The van der Waals surface area contributed by atoms with Gasteiger partial charge >= 0.3 is 7.12 Å². The average Bonchev–Trinajstić information content (AvgIpc) is 2.39. The molecule has 0 atom stereocenters. The number of amides is 1. The quantitative estimate of drug-likeness (QED) is 0.712. The van der Waals surface area contributed by atoms with E-state index in [0.717, 1.165) is 0 Å². The third kappa shape index (κ3) is 3.40. The fourth-order valence-electron chi connectivity index (χ4n) is 1.58. The van der Waals surface area contributed by atoms with Gasteiger partial charge in [-0.15, -0.1) is 0 Å². The minimum absolute atomic E-state index is 0.294. The first-order valence-electron chi connectivity index (χ1n) is 5.59. The Morgan fingerprint density at radius 3 is 2.37 bits per heavy atom. The molecule has 0 unspecified atom stereocenters. The van der Waals surface area contributed by atoms with Gasteiger partial charge in [0.05, 0.1) is 0 Å². The highest BCUT2D eigenvalue weighted by Crippen LogP contribution is 2.10. The highest BCUT2D eigenvalue weighted by molar-refractivity contribution is 6.58. The van der Waals surface area contributed by atoms with Crippen LogP contribution in [0.15, 0.2) is 48.5 Å². The molecule has 0 aliphatic heterocycles. The van der Waals surface area contributed by atoms with Crippen LogP contribution in [-0.4, -0.2) is 23.1 Å². The van der Waals surface area contributed by atoms with Crippen molar-refractivity contribution in [2.45, 2.75) is 0 Å². The molecule has 0 heterocycles. The molecule has 2 rings (SSSR count). The Balaban J connectivity index is 2.11. The van der Waals surface area contributed by atoms with Gasteiger partial charge in [0.1, 0.15) is 5.82 Å². The zero-order valence-corrected chi connectivity index (χ0v) is 9.88. The molecule has 0 aromatic heterocycles. The summed E-state index contributed by atoms with van der Waals surface area (Å²) in [6.45, 7) is 0. The standard InChI is InChI=1S/C13H11BFNO3/c15-11-2-1-3-12(8-11)16-13(17)9-4-6-10(7-5-9)14(18)19/h1-8,18-19H,(H,16,17). The van der Waals surface area contributed by atoms with Crippen LogP contribution in [0.2, 0.25) is 0 Å². The van der Waals surface area contributed by atoms with Crippen molar-refractivity contribution in [2.24, 2.45) is 0 Å². The summed E-state index contributed by atoms with van der Waals surface area (Å²) in [6.07, 6.45) is 0. The van der Waals surface area contributed by atoms with E-state index in [1.165, 1.54) is 42.5 Å². The molecule has 3 N–H and O–H groups in total. The Bertz CT molecular complexity index is 587. The van der Waals surface area contributed by atoms with Gasteiger partial charge in [-0.25, -0.2) is 4.39 Å². The van der Waals surface area contributed by atoms with Gasteiger partial charge in [0.25, 0.3) is 5.91 Å². The summed E-state index contributed by atoms with van der Waals surface area (Å²) < 4.78 is 13.0. The van der Waals surface area contributed by atoms with E-state index < -0.39 is 18.8 Å². The summed E-state index contributed by atoms with van der Waals surface area (Å²) in [5.41, 5.74) is 0.993. The minimum Gasteiger partial charge on any atom is -0.423 e. The molecule has 0 spiro atoms. The molecule has 6 heteroatoms. The van der Waals surface area contributed by atoms with E-state index in [1.54, 1.807) is 6.07 Å². The largest absolute Gasteiger partial charge is 0.488 e. The molecule has 2 aromatic rings. The molecule has 0 saturated heterocycles. The van der Waals surface area contributed by atoms with E-state index in [4.69, 9.17) is 10.0 Å². The lowest BCUT2D eigenvalue weighted by molar-refractivity contribution is 0.102. The highest BCUT2D eigenvalue weighted by Gasteiger charge is 2.12. The van der Waals surface area contributed by atoms with E-state index in [-0.39, 0.29) is 0 Å². The maximum absolute atomic E-state index is 13.0. The van der Waals surface area contributed by atoms with Gasteiger partial charge in [-0.3, -0.25) is 4.79 Å². The first-order valence-corrected chi connectivity index (χ1v) is 5.59. The Morgan fingerprint density at radius 1 is 1.11 bits per heavy atom. The van der Waals surface area contributed by atoms with E-state index in [9.17, 15) is 9.18 Å². The summed E-state index contributed by atoms with van der Waals surface area (Å²) in [6, 6.07) is 11.4. The van der Waals surface area contributed by atoms with Crippen LogP contribution in [0.4, 0.5) is 10.1 Å². The average molecular weight is 259 g/mol. The number of halogens is 1. The van der Waals surface area contributed by atoms with E-state index in [2.05, 4.69) is 5.32 Å². The van der Waals surface area contributed by atoms with Crippen molar-refractivity contribution in [3.05, 3.63) is 59.9 Å². The third-order valence-electron chi connectivity index (χ3n) is 2.55. The molecule has 0 aliphatic carbocycles. The molecule has 0 saturated carbocycles. The Labute approximate surface area is 109 Å². The van der Waals surface area contributed by atoms with E-state index >= 15 is 0 Å². The number of hydrogen-bond donors (Lipinski definition) is 3. The summed E-state index contributed by atoms with van der Waals surface area (Å²) in [7, 11) is -1.57. The van der Waals surface area contributed by atoms with E-state index in [0.29, 0.717) is 16.7 Å². The van der Waals surface area contributed by atoms with Gasteiger partial charge < -0.3 is 15.4 Å². The molecule has 4 nitrogen and oxygen atoms in total. The maximum atomic E-state index is 13.0. The summed E-state index contributed by atoms with van der Waals surface area (Å²) in [5.74, 6) is -0.832. The molecule has 0 bridgehead atoms. The van der Waals surface area contributed by atoms with Gasteiger partial charge in [-0.05, 0) is 35.8 Å². The predicted octanol–water partition coefficient (Wildman–Crippen LogP) is 0.758. The lowest BCUT2D eigenvalue weighted by Crippen LogP contribution is -2.29. The summed E-state index contributed by atoms with van der Waals surface area (Å²) in [4.78, 5) is 11.8. The van der Waals surface area contributed by atoms with Crippen LogP contribution in [0.5, 0.6) is 0 Å². The molecule has 96 valence electrons. The van der Waals surface area contributed by atoms with Crippen molar-refractivity contribution < 1.29 is 19.2 Å². The molecule has 0 fully saturated rings. The van der Waals surface area contributed by atoms with Crippen molar-refractivity contribution in [3.8, 4) is 0 Å². The number of benzene rings is 2. The van der Waals surface area contributed by atoms with Gasteiger partial charge in [-0.1, -0.05) is 18.2 Å². The fourth-order valence-corrected chi connectivity index (χ4v) is 1.58. The van der Waals surface area contributed by atoms with Crippen LogP contribution < -0.4 is 10.8 Å². The number of rotatable bonds is 3. The van der Waals surface area contributed by atoms with Crippen molar-refractivity contribution in [2.75, 3.05) is 5.32 Å². The van der Waals surface area contributed by atoms with Crippen molar-refractivity contribution in [1.82, 2.24) is 0 Å². The van der Waals surface area contributed by atoms with Crippen LogP contribution in [0.25, 0.3) is 0 Å². The number of hydrogen-bond acceptors (Lipinski definition) is 3. The molecule has 2 aromatic carbocycles. The lowest BCUT2D eigenvalue weighted by atomic mass is 9.80. The monoisotopic (exact) mass is 259 g/mol. The van der Waals surface area contributed by atoms with Gasteiger partial charge in [0.2, 0.25) is 0 Å². The van der Waals surface area contributed by atoms with Gasteiger partial charge in [0, 0.05) is 11.3 Å². The molecular weight excluding hydrogens is 248 g/mol. The van der Waals surface area contributed by atoms with Crippen molar-refractivity contribution in [1.29, 1.82) is 0 Å². The Kier molecular flexibility index (Phi) is 3.94. The third-order valence-corrected chi connectivity index (χ3v) is 2.55.